The van der Waals surface area contributed by atoms with Gasteiger partial charge in [0.05, 0.1) is 18.2 Å². The van der Waals surface area contributed by atoms with Crippen molar-refractivity contribution in [1.29, 1.82) is 0 Å². The highest BCUT2D eigenvalue weighted by Gasteiger charge is 2.54. The van der Waals surface area contributed by atoms with Crippen LogP contribution in [0, 0.1) is 0 Å². The van der Waals surface area contributed by atoms with E-state index in [1.54, 1.807) is 12.1 Å². The molecule has 0 radical (unpaired) electrons. The van der Waals surface area contributed by atoms with Gasteiger partial charge in [-0.15, -0.1) is 0 Å². The van der Waals surface area contributed by atoms with Crippen LogP contribution in [0.3, 0.4) is 0 Å². The normalized spacial score (nSPS) is 22.0. The summed E-state index contributed by atoms with van der Waals surface area (Å²) in [4.78, 5) is 41.8. The quantitative estimate of drug-likeness (QED) is 0.509. The number of amides is 4. The van der Waals surface area contributed by atoms with E-state index in [1.807, 2.05) is 30.3 Å². The molecule has 0 bridgehead atoms. The van der Waals surface area contributed by atoms with E-state index in [2.05, 4.69) is 35.0 Å². The first-order chi connectivity index (χ1) is 16.5. The molecule has 8 nitrogen and oxygen atoms in total. The van der Waals surface area contributed by atoms with Gasteiger partial charge in [0.2, 0.25) is 0 Å². The Kier molecular flexibility index (Phi) is 5.75. The number of nitrogens with zero attached hydrogens (tertiary/aromatic N) is 1. The third-order valence-corrected chi connectivity index (χ3v) is 6.58. The molecule has 4 amide bonds. The Hall–Kier alpha value is -3.78. The minimum atomic E-state index is -1.27. The van der Waals surface area contributed by atoms with Crippen LogP contribution in [0.5, 0.6) is 0 Å². The Labute approximate surface area is 197 Å². The number of carbonyl (C=O) groups excluding carboxylic acids is 3. The van der Waals surface area contributed by atoms with Crippen LogP contribution < -0.4 is 16.0 Å². The molecule has 2 aliphatic heterocycles. The minimum absolute atomic E-state index is 0.0219. The lowest BCUT2D eigenvalue weighted by molar-refractivity contribution is -0.130. The van der Waals surface area contributed by atoms with Crippen LogP contribution in [0.25, 0.3) is 10.9 Å². The summed E-state index contributed by atoms with van der Waals surface area (Å²) in [5.74, 6) is -0.775. The summed E-state index contributed by atoms with van der Waals surface area (Å²) < 4.78 is 5.43. The molecule has 5 rings (SSSR count). The number of aryl methyl sites for hydroxylation is 1. The summed E-state index contributed by atoms with van der Waals surface area (Å²) in [6.07, 6.45) is 2.02. The van der Waals surface area contributed by atoms with Gasteiger partial charge in [-0.1, -0.05) is 37.3 Å². The third kappa shape index (κ3) is 4.01. The molecular weight excluding hydrogens is 432 g/mol. The summed E-state index contributed by atoms with van der Waals surface area (Å²) in [6.45, 7) is 2.51. The number of ether oxygens (including phenoxy) is 1. The standard InChI is InChI=1S/C26H26N4O4/c1-2-19-14-18(20-5-3-4-6-21(20)27-19)13-16-7-9-17(10-8-16)23(31)28-22-11-12-34-15-26(22)24(32)29-25(33)30-26/h3-10,14,22H,2,11-13,15H2,1H3,(H,28,31)(H2,29,30,32,33)/t22-,26+/m1/s1. The molecule has 8 heteroatoms. The maximum atomic E-state index is 13.0. The van der Waals surface area contributed by atoms with Crippen LogP contribution >= 0.6 is 0 Å². The fraction of sp³-hybridized carbons (Fsp3) is 0.308. The molecule has 174 valence electrons. The Morgan fingerprint density at radius 2 is 1.97 bits per heavy atom. The largest absolute Gasteiger partial charge is 0.378 e. The van der Waals surface area contributed by atoms with Gasteiger partial charge >= 0.3 is 6.03 Å². The van der Waals surface area contributed by atoms with E-state index in [-0.39, 0.29) is 12.5 Å². The Bertz CT molecular complexity index is 1270. The second-order valence-corrected chi connectivity index (χ2v) is 8.76. The molecule has 0 aliphatic carbocycles. The second-order valence-electron chi connectivity index (χ2n) is 8.76. The van der Waals surface area contributed by atoms with Crippen LogP contribution in [0.2, 0.25) is 0 Å². The summed E-state index contributed by atoms with van der Waals surface area (Å²) in [7, 11) is 0. The van der Waals surface area contributed by atoms with E-state index in [0.717, 1.165) is 35.0 Å². The van der Waals surface area contributed by atoms with Gasteiger partial charge in [-0.05, 0) is 54.7 Å². The zero-order chi connectivity index (χ0) is 23.7. The molecule has 2 aromatic carbocycles. The average Bonchev–Trinajstić information content (AvgIpc) is 3.13. The number of pyridine rings is 1. The van der Waals surface area contributed by atoms with Crippen molar-refractivity contribution in [3.8, 4) is 0 Å². The van der Waals surface area contributed by atoms with Gasteiger partial charge in [-0.3, -0.25) is 19.9 Å². The number of nitrogens with one attached hydrogen (secondary N) is 3. The first-order valence-electron chi connectivity index (χ1n) is 11.5. The minimum Gasteiger partial charge on any atom is -0.378 e. The molecule has 2 aliphatic rings. The summed E-state index contributed by atoms with van der Waals surface area (Å²) in [5, 5.41) is 8.94. The van der Waals surface area contributed by atoms with Crippen molar-refractivity contribution in [3.05, 3.63) is 77.0 Å². The number of urea groups is 1. The van der Waals surface area contributed by atoms with E-state index in [1.165, 1.54) is 5.56 Å². The van der Waals surface area contributed by atoms with Gasteiger partial charge in [0.15, 0.2) is 5.54 Å². The molecule has 3 aromatic rings. The first-order valence-corrected chi connectivity index (χ1v) is 11.5. The second kappa shape index (κ2) is 8.87. The molecule has 0 unspecified atom stereocenters. The predicted molar refractivity (Wildman–Crippen MR) is 126 cm³/mol. The number of aromatic nitrogens is 1. The van der Waals surface area contributed by atoms with Crippen molar-refractivity contribution >= 4 is 28.7 Å². The molecule has 0 saturated carbocycles. The molecule has 1 spiro atoms. The summed E-state index contributed by atoms with van der Waals surface area (Å²) >= 11 is 0. The van der Waals surface area contributed by atoms with Crippen molar-refractivity contribution in [2.75, 3.05) is 13.2 Å². The highest BCUT2D eigenvalue weighted by atomic mass is 16.5. The van der Waals surface area contributed by atoms with Crippen molar-refractivity contribution in [3.63, 3.8) is 0 Å². The lowest BCUT2D eigenvalue weighted by Gasteiger charge is -2.38. The number of carbonyl (C=O) groups is 3. The highest BCUT2D eigenvalue weighted by Crippen LogP contribution is 2.25. The van der Waals surface area contributed by atoms with Gasteiger partial charge in [0.1, 0.15) is 0 Å². The first kappa shape index (κ1) is 22.0. The molecular formula is C26H26N4O4. The van der Waals surface area contributed by atoms with E-state index >= 15 is 0 Å². The molecule has 3 heterocycles. The molecule has 2 saturated heterocycles. The number of para-hydroxylation sites is 1. The van der Waals surface area contributed by atoms with Crippen molar-refractivity contribution in [2.45, 2.75) is 37.8 Å². The average molecular weight is 459 g/mol. The van der Waals surface area contributed by atoms with Crippen molar-refractivity contribution in [2.24, 2.45) is 0 Å². The Balaban J connectivity index is 1.33. The van der Waals surface area contributed by atoms with E-state index in [9.17, 15) is 14.4 Å². The van der Waals surface area contributed by atoms with Crippen LogP contribution in [-0.2, 0) is 22.4 Å². The molecule has 3 N–H and O–H groups in total. The topological polar surface area (TPSA) is 109 Å². The Morgan fingerprint density at radius 3 is 2.71 bits per heavy atom. The summed E-state index contributed by atoms with van der Waals surface area (Å²) in [6, 6.07) is 16.6. The lowest BCUT2D eigenvalue weighted by Crippen LogP contribution is -2.67. The number of imide groups is 1. The van der Waals surface area contributed by atoms with Crippen molar-refractivity contribution < 1.29 is 19.1 Å². The van der Waals surface area contributed by atoms with Crippen molar-refractivity contribution in [1.82, 2.24) is 20.9 Å². The number of hydrogen-bond donors (Lipinski definition) is 3. The number of fused-ring (bicyclic) bond motifs is 1. The van der Waals surface area contributed by atoms with Gasteiger partial charge in [-0.25, -0.2) is 4.79 Å². The molecule has 34 heavy (non-hydrogen) atoms. The fourth-order valence-electron chi connectivity index (χ4n) is 4.70. The van der Waals surface area contributed by atoms with Gasteiger partial charge in [0, 0.05) is 23.3 Å². The van der Waals surface area contributed by atoms with Gasteiger partial charge in [0.25, 0.3) is 11.8 Å². The number of rotatable bonds is 5. The van der Waals surface area contributed by atoms with Crippen LogP contribution in [0.4, 0.5) is 4.79 Å². The molecule has 2 fully saturated rings. The number of hydrogen-bond acceptors (Lipinski definition) is 5. The maximum absolute atomic E-state index is 13.0. The lowest BCUT2D eigenvalue weighted by atomic mass is 9.86. The monoisotopic (exact) mass is 458 g/mol. The fourth-order valence-corrected chi connectivity index (χ4v) is 4.70. The van der Waals surface area contributed by atoms with Crippen LogP contribution in [-0.4, -0.2) is 47.6 Å². The Morgan fingerprint density at radius 1 is 1.18 bits per heavy atom. The van der Waals surface area contributed by atoms with Crippen LogP contribution in [0.1, 0.15) is 40.5 Å². The zero-order valence-corrected chi connectivity index (χ0v) is 18.9. The zero-order valence-electron chi connectivity index (χ0n) is 18.9. The highest BCUT2D eigenvalue weighted by molar-refractivity contribution is 6.08. The van der Waals surface area contributed by atoms with Crippen LogP contribution in [0.15, 0.2) is 54.6 Å². The number of benzene rings is 2. The van der Waals surface area contributed by atoms with E-state index < -0.39 is 23.5 Å². The predicted octanol–water partition coefficient (Wildman–Crippen LogP) is 2.48. The van der Waals surface area contributed by atoms with E-state index in [0.29, 0.717) is 18.6 Å². The molecule has 1 aromatic heterocycles. The smallest absolute Gasteiger partial charge is 0.322 e. The molecule has 2 atom stereocenters. The van der Waals surface area contributed by atoms with Gasteiger partial charge in [-0.2, -0.15) is 0 Å². The van der Waals surface area contributed by atoms with Gasteiger partial charge < -0.3 is 15.4 Å². The maximum Gasteiger partial charge on any atom is 0.322 e. The summed E-state index contributed by atoms with van der Waals surface area (Å²) in [5.41, 5.74) is 3.54. The SMILES string of the molecule is CCc1cc(Cc2ccc(C(=O)N[C@@H]3CCOC[C@]34NC(=O)NC4=O)cc2)c2ccccc2n1. The third-order valence-electron chi connectivity index (χ3n) is 6.58. The van der Waals surface area contributed by atoms with E-state index in [4.69, 9.17) is 9.72 Å².